The van der Waals surface area contributed by atoms with Crippen LogP contribution < -0.4 is 10.6 Å². The minimum atomic E-state index is 0.602. The highest BCUT2D eigenvalue weighted by Gasteiger charge is 2.25. The maximum absolute atomic E-state index is 5.88. The topological polar surface area (TPSA) is 45.4 Å². The number of piperazine rings is 1. The van der Waals surface area contributed by atoms with Crippen molar-refractivity contribution in [3.05, 3.63) is 16.2 Å². The molecule has 0 spiro atoms. The average Bonchev–Trinajstić information content (AvgIpc) is 2.37. The Morgan fingerprint density at radius 3 is 2.89 bits per heavy atom. The minimum Gasteiger partial charge on any atom is -0.397 e. The summed E-state index contributed by atoms with van der Waals surface area (Å²) in [6, 6.07) is 0.602. The zero-order valence-electron chi connectivity index (χ0n) is 11.3. The normalized spacial score (nSPS) is 21.3. The van der Waals surface area contributed by atoms with Crippen LogP contribution in [0.15, 0.2) is 10.7 Å². The van der Waals surface area contributed by atoms with E-state index in [4.69, 9.17) is 5.73 Å². The first-order valence-corrected chi connectivity index (χ1v) is 7.19. The predicted molar refractivity (Wildman–Crippen MR) is 80.0 cm³/mol. The molecule has 18 heavy (non-hydrogen) atoms. The number of likely N-dealkylation sites (N-methyl/N-ethyl adjacent to an activating group) is 1. The maximum atomic E-state index is 5.88. The van der Waals surface area contributed by atoms with Crippen molar-refractivity contribution >= 4 is 27.4 Å². The van der Waals surface area contributed by atoms with E-state index in [1.807, 2.05) is 6.92 Å². The van der Waals surface area contributed by atoms with Crippen LogP contribution in [0, 0.1) is 6.92 Å². The van der Waals surface area contributed by atoms with Crippen LogP contribution in [0.2, 0.25) is 0 Å². The highest BCUT2D eigenvalue weighted by Crippen LogP contribution is 2.31. The van der Waals surface area contributed by atoms with Gasteiger partial charge in [0.1, 0.15) is 5.82 Å². The van der Waals surface area contributed by atoms with E-state index in [1.54, 1.807) is 6.20 Å². The molecule has 1 aromatic rings. The molecule has 0 radical (unpaired) electrons. The van der Waals surface area contributed by atoms with Crippen LogP contribution in [0.3, 0.4) is 0 Å². The second-order valence-electron chi connectivity index (χ2n) is 4.96. The number of nitrogens with two attached hydrogens (primary N) is 1. The Kier molecular flexibility index (Phi) is 4.12. The zero-order chi connectivity index (χ0) is 13.3. The molecule has 2 rings (SSSR count). The van der Waals surface area contributed by atoms with Gasteiger partial charge in [-0.1, -0.05) is 6.92 Å². The summed E-state index contributed by atoms with van der Waals surface area (Å²) < 4.78 is 1.03. The molecule has 1 aliphatic rings. The summed E-state index contributed by atoms with van der Waals surface area (Å²) in [6.45, 7) is 7.39. The van der Waals surface area contributed by atoms with Crippen LogP contribution in [0.1, 0.15) is 18.9 Å². The van der Waals surface area contributed by atoms with Crippen LogP contribution >= 0.6 is 15.9 Å². The lowest BCUT2D eigenvalue weighted by molar-refractivity contribution is 0.213. The SMILES string of the molecule is CCC1CN(c2ncc(N)c(C)c2Br)CCN1C. The van der Waals surface area contributed by atoms with Crippen molar-refractivity contribution in [2.75, 3.05) is 37.3 Å². The molecule has 0 amide bonds. The molecule has 0 saturated carbocycles. The van der Waals surface area contributed by atoms with Crippen LogP contribution in [-0.4, -0.2) is 42.6 Å². The Morgan fingerprint density at radius 1 is 1.50 bits per heavy atom. The molecule has 1 atom stereocenters. The molecule has 5 heteroatoms. The molecule has 100 valence electrons. The molecule has 2 N–H and O–H groups in total. The lowest BCUT2D eigenvalue weighted by Gasteiger charge is -2.40. The van der Waals surface area contributed by atoms with Crippen molar-refractivity contribution < 1.29 is 0 Å². The van der Waals surface area contributed by atoms with Gasteiger partial charge in [0.25, 0.3) is 0 Å². The largest absolute Gasteiger partial charge is 0.397 e. The summed E-state index contributed by atoms with van der Waals surface area (Å²) in [5.41, 5.74) is 7.69. The van der Waals surface area contributed by atoms with Gasteiger partial charge >= 0.3 is 0 Å². The van der Waals surface area contributed by atoms with E-state index in [0.717, 1.165) is 41.2 Å². The molecule has 2 heterocycles. The molecule has 1 aromatic heterocycles. The van der Waals surface area contributed by atoms with E-state index in [9.17, 15) is 0 Å². The van der Waals surface area contributed by atoms with Gasteiger partial charge in [-0.3, -0.25) is 4.90 Å². The van der Waals surface area contributed by atoms with Crippen molar-refractivity contribution in [2.24, 2.45) is 0 Å². The summed E-state index contributed by atoms with van der Waals surface area (Å²) in [5, 5.41) is 0. The molecule has 0 bridgehead atoms. The molecule has 1 fully saturated rings. The fourth-order valence-corrected chi connectivity index (χ4v) is 2.96. The average molecular weight is 313 g/mol. The smallest absolute Gasteiger partial charge is 0.143 e. The van der Waals surface area contributed by atoms with E-state index >= 15 is 0 Å². The van der Waals surface area contributed by atoms with Gasteiger partial charge < -0.3 is 10.6 Å². The van der Waals surface area contributed by atoms with E-state index in [-0.39, 0.29) is 0 Å². The predicted octanol–water partition coefficient (Wildman–Crippen LogP) is 2.27. The maximum Gasteiger partial charge on any atom is 0.143 e. The van der Waals surface area contributed by atoms with Gasteiger partial charge in [-0.25, -0.2) is 4.98 Å². The Hall–Kier alpha value is -0.810. The van der Waals surface area contributed by atoms with Crippen molar-refractivity contribution in [1.29, 1.82) is 0 Å². The standard InChI is InChI=1S/C13H21BrN4/c1-4-10-8-18(6-5-17(10)3)13-12(14)9(2)11(15)7-16-13/h7,10H,4-6,8,15H2,1-3H3. The first-order chi connectivity index (χ1) is 8.54. The monoisotopic (exact) mass is 312 g/mol. The quantitative estimate of drug-likeness (QED) is 0.910. The summed E-state index contributed by atoms with van der Waals surface area (Å²) in [7, 11) is 2.20. The second kappa shape index (κ2) is 5.45. The fourth-order valence-electron chi connectivity index (χ4n) is 2.38. The Balaban J connectivity index is 2.25. The Bertz CT molecular complexity index is 435. The third-order valence-corrected chi connectivity index (χ3v) is 4.78. The molecule has 1 aliphatic heterocycles. The number of anilines is 2. The van der Waals surface area contributed by atoms with Crippen LogP contribution in [0.5, 0.6) is 0 Å². The van der Waals surface area contributed by atoms with Gasteiger partial charge in [-0.15, -0.1) is 0 Å². The van der Waals surface area contributed by atoms with Gasteiger partial charge in [-0.2, -0.15) is 0 Å². The molecular formula is C13H21BrN4. The van der Waals surface area contributed by atoms with Gasteiger partial charge in [-0.05, 0) is 41.9 Å². The van der Waals surface area contributed by atoms with E-state index in [0.29, 0.717) is 6.04 Å². The van der Waals surface area contributed by atoms with Gasteiger partial charge in [0, 0.05) is 25.7 Å². The van der Waals surface area contributed by atoms with Crippen molar-refractivity contribution in [3.8, 4) is 0 Å². The Labute approximate surface area is 117 Å². The summed E-state index contributed by atoms with van der Waals surface area (Å²) >= 11 is 3.63. The lowest BCUT2D eigenvalue weighted by atomic mass is 10.1. The highest BCUT2D eigenvalue weighted by atomic mass is 79.9. The van der Waals surface area contributed by atoms with E-state index in [2.05, 4.69) is 44.7 Å². The Morgan fingerprint density at radius 2 is 2.22 bits per heavy atom. The highest BCUT2D eigenvalue weighted by molar-refractivity contribution is 9.10. The molecule has 0 aliphatic carbocycles. The number of nitrogens with zero attached hydrogens (tertiary/aromatic N) is 3. The molecular weight excluding hydrogens is 292 g/mol. The van der Waals surface area contributed by atoms with Crippen LogP contribution in [0.25, 0.3) is 0 Å². The van der Waals surface area contributed by atoms with Crippen molar-refractivity contribution in [2.45, 2.75) is 26.3 Å². The second-order valence-corrected chi connectivity index (χ2v) is 5.76. The van der Waals surface area contributed by atoms with E-state index in [1.165, 1.54) is 6.42 Å². The van der Waals surface area contributed by atoms with Gasteiger partial charge in [0.2, 0.25) is 0 Å². The van der Waals surface area contributed by atoms with Gasteiger partial charge in [0.05, 0.1) is 16.4 Å². The number of hydrogen-bond acceptors (Lipinski definition) is 4. The number of nitrogen functional groups attached to an aromatic ring is 1. The number of pyridine rings is 1. The molecule has 1 unspecified atom stereocenters. The number of hydrogen-bond donors (Lipinski definition) is 1. The van der Waals surface area contributed by atoms with Crippen molar-refractivity contribution in [3.63, 3.8) is 0 Å². The minimum absolute atomic E-state index is 0.602. The number of rotatable bonds is 2. The zero-order valence-corrected chi connectivity index (χ0v) is 12.9. The summed E-state index contributed by atoms with van der Waals surface area (Å²) in [6.07, 6.45) is 2.92. The van der Waals surface area contributed by atoms with E-state index < -0.39 is 0 Å². The number of halogens is 1. The van der Waals surface area contributed by atoms with Gasteiger partial charge in [0.15, 0.2) is 0 Å². The molecule has 1 saturated heterocycles. The van der Waals surface area contributed by atoms with Crippen LogP contribution in [-0.2, 0) is 0 Å². The number of aromatic nitrogens is 1. The molecule has 0 aromatic carbocycles. The summed E-state index contributed by atoms with van der Waals surface area (Å²) in [4.78, 5) is 9.27. The van der Waals surface area contributed by atoms with Crippen LogP contribution in [0.4, 0.5) is 11.5 Å². The first-order valence-electron chi connectivity index (χ1n) is 6.40. The lowest BCUT2D eigenvalue weighted by Crippen LogP contribution is -2.51. The third kappa shape index (κ3) is 2.47. The van der Waals surface area contributed by atoms with Crippen molar-refractivity contribution in [1.82, 2.24) is 9.88 Å². The fraction of sp³-hybridized carbons (Fsp3) is 0.615. The molecule has 4 nitrogen and oxygen atoms in total. The third-order valence-electron chi connectivity index (χ3n) is 3.83. The summed E-state index contributed by atoms with van der Waals surface area (Å²) in [5.74, 6) is 1.02. The first kappa shape index (κ1) is 13.6.